The van der Waals surface area contributed by atoms with Crippen molar-refractivity contribution in [1.82, 2.24) is 14.8 Å². The molecule has 0 aliphatic heterocycles. The van der Waals surface area contributed by atoms with E-state index in [0.717, 1.165) is 19.4 Å². The minimum absolute atomic E-state index is 0.0921. The molecule has 2 saturated carbocycles. The number of anilines is 2. The number of primary amides is 1. The number of carbonyl (C=O) groups is 1. The smallest absolute Gasteiger partial charge is 0.254 e. The summed E-state index contributed by atoms with van der Waals surface area (Å²) >= 11 is 0. The van der Waals surface area contributed by atoms with Crippen molar-refractivity contribution >= 4 is 17.4 Å². The van der Waals surface area contributed by atoms with Crippen LogP contribution >= 0.6 is 0 Å². The van der Waals surface area contributed by atoms with Crippen LogP contribution in [0.15, 0.2) is 24.5 Å². The predicted molar refractivity (Wildman–Crippen MR) is 104 cm³/mol. The molecule has 9 heteroatoms. The lowest BCUT2D eigenvalue weighted by Gasteiger charge is -2.29. The fourth-order valence-electron chi connectivity index (χ4n) is 3.70. The van der Waals surface area contributed by atoms with E-state index in [1.54, 1.807) is 16.9 Å². The summed E-state index contributed by atoms with van der Waals surface area (Å²) in [5, 5.41) is 7.39. The maximum absolute atomic E-state index is 13.4. The van der Waals surface area contributed by atoms with Crippen LogP contribution in [-0.2, 0) is 4.74 Å². The standard InChI is InChI=1S/C20H23FN6O2/c1-23-16-9-14(29-11-12-2-3-12)4-5-17(16)27-10-15(19(22)28)20(26-27)25-13-6-7-24-18(21)8-13/h6-8,10,12,14,16-17H,2-5,9,11H2,(H2,22,28)(H,24,25,26)/t14-,16+,17-/m1/s1. The average Bonchev–Trinajstić information content (AvgIpc) is 3.44. The van der Waals surface area contributed by atoms with Gasteiger partial charge in [-0.3, -0.25) is 9.48 Å². The summed E-state index contributed by atoms with van der Waals surface area (Å²) in [5.74, 6) is -0.365. The van der Waals surface area contributed by atoms with Crippen molar-refractivity contribution in [2.75, 3.05) is 11.9 Å². The highest BCUT2D eigenvalue weighted by atomic mass is 19.1. The molecule has 2 aliphatic rings. The van der Waals surface area contributed by atoms with Gasteiger partial charge in [-0.2, -0.15) is 9.49 Å². The Hall–Kier alpha value is -2.99. The van der Waals surface area contributed by atoms with Gasteiger partial charge in [0.25, 0.3) is 5.91 Å². The van der Waals surface area contributed by atoms with E-state index in [1.807, 2.05) is 0 Å². The van der Waals surface area contributed by atoms with Crippen molar-refractivity contribution in [1.29, 1.82) is 0 Å². The Morgan fingerprint density at radius 3 is 2.93 bits per heavy atom. The van der Waals surface area contributed by atoms with Crippen LogP contribution in [0.4, 0.5) is 15.9 Å². The molecule has 2 heterocycles. The zero-order chi connectivity index (χ0) is 20.4. The van der Waals surface area contributed by atoms with Crippen molar-refractivity contribution in [2.24, 2.45) is 11.7 Å². The van der Waals surface area contributed by atoms with Crippen LogP contribution < -0.4 is 11.1 Å². The van der Waals surface area contributed by atoms with E-state index >= 15 is 0 Å². The third-order valence-corrected chi connectivity index (χ3v) is 5.49. The number of hydrogen-bond acceptors (Lipinski definition) is 5. The minimum Gasteiger partial charge on any atom is -0.378 e. The number of pyridine rings is 1. The molecule has 152 valence electrons. The first kappa shape index (κ1) is 19.3. The molecule has 0 saturated heterocycles. The molecule has 0 aromatic carbocycles. The number of amides is 1. The van der Waals surface area contributed by atoms with Gasteiger partial charge in [0.2, 0.25) is 12.0 Å². The first-order valence-electron chi connectivity index (χ1n) is 9.79. The zero-order valence-corrected chi connectivity index (χ0v) is 15.9. The van der Waals surface area contributed by atoms with Crippen LogP contribution in [0.2, 0.25) is 0 Å². The third kappa shape index (κ3) is 4.54. The molecule has 3 atom stereocenters. The number of nitrogens with one attached hydrogen (secondary N) is 1. The van der Waals surface area contributed by atoms with Crippen molar-refractivity contribution in [3.05, 3.63) is 47.5 Å². The third-order valence-electron chi connectivity index (χ3n) is 5.49. The minimum atomic E-state index is -0.646. The van der Waals surface area contributed by atoms with Crippen molar-refractivity contribution in [3.8, 4) is 0 Å². The molecule has 2 aliphatic carbocycles. The number of halogens is 1. The van der Waals surface area contributed by atoms with Crippen LogP contribution in [0.1, 0.15) is 48.5 Å². The monoisotopic (exact) mass is 398 g/mol. The number of rotatable bonds is 7. The molecule has 29 heavy (non-hydrogen) atoms. The van der Waals surface area contributed by atoms with Gasteiger partial charge < -0.3 is 20.6 Å². The quantitative estimate of drug-likeness (QED) is 0.552. The first-order chi connectivity index (χ1) is 14.0. The Balaban J connectivity index is 1.51. The van der Waals surface area contributed by atoms with Gasteiger partial charge in [-0.15, -0.1) is 0 Å². The van der Waals surface area contributed by atoms with Gasteiger partial charge >= 0.3 is 0 Å². The molecule has 2 fully saturated rings. The Kier molecular flexibility index (Phi) is 5.45. The van der Waals surface area contributed by atoms with Gasteiger partial charge in [0.15, 0.2) is 5.82 Å². The number of hydrogen-bond donors (Lipinski definition) is 2. The zero-order valence-electron chi connectivity index (χ0n) is 15.9. The normalized spacial score (nSPS) is 24.1. The summed E-state index contributed by atoms with van der Waals surface area (Å²) < 4.78 is 21.0. The fraction of sp³-hybridized carbons (Fsp3) is 0.500. The van der Waals surface area contributed by atoms with E-state index in [2.05, 4.69) is 20.2 Å². The molecule has 8 nitrogen and oxygen atoms in total. The van der Waals surface area contributed by atoms with E-state index < -0.39 is 11.9 Å². The van der Waals surface area contributed by atoms with Crippen LogP contribution in [0, 0.1) is 18.4 Å². The fourth-order valence-corrected chi connectivity index (χ4v) is 3.70. The summed E-state index contributed by atoms with van der Waals surface area (Å²) in [6, 6.07) is 2.31. The second-order valence-corrected chi connectivity index (χ2v) is 7.70. The van der Waals surface area contributed by atoms with Crippen molar-refractivity contribution in [3.63, 3.8) is 0 Å². The Labute approximate surface area is 168 Å². The molecule has 1 amide bonds. The number of ether oxygens (including phenoxy) is 1. The lowest BCUT2D eigenvalue weighted by Crippen LogP contribution is -2.34. The topological polar surface area (TPSA) is 99.4 Å². The van der Waals surface area contributed by atoms with Crippen molar-refractivity contribution in [2.45, 2.75) is 50.3 Å². The van der Waals surface area contributed by atoms with Gasteiger partial charge in [0, 0.05) is 30.8 Å². The van der Waals surface area contributed by atoms with Gasteiger partial charge in [-0.25, -0.2) is 11.6 Å². The second-order valence-electron chi connectivity index (χ2n) is 7.70. The van der Waals surface area contributed by atoms with Crippen LogP contribution in [0.25, 0.3) is 4.85 Å². The number of carbonyl (C=O) groups excluding carboxylic acids is 1. The van der Waals surface area contributed by atoms with E-state index in [4.69, 9.17) is 17.0 Å². The average molecular weight is 398 g/mol. The Morgan fingerprint density at radius 2 is 2.24 bits per heavy atom. The molecular formula is C20H23FN6O2. The summed E-state index contributed by atoms with van der Waals surface area (Å²) in [6.07, 6.45) is 7.66. The van der Waals surface area contributed by atoms with E-state index in [9.17, 15) is 9.18 Å². The molecule has 0 unspecified atom stereocenters. The van der Waals surface area contributed by atoms with Crippen LogP contribution in [-0.4, -0.2) is 39.4 Å². The summed E-state index contributed by atoms with van der Waals surface area (Å²) in [4.78, 5) is 19.2. The number of nitrogens with zero attached hydrogens (tertiary/aromatic N) is 4. The number of aromatic nitrogens is 3. The van der Waals surface area contributed by atoms with E-state index in [1.165, 1.54) is 25.1 Å². The highest BCUT2D eigenvalue weighted by Gasteiger charge is 2.38. The summed E-state index contributed by atoms with van der Waals surface area (Å²) in [7, 11) is 0. The van der Waals surface area contributed by atoms with Gasteiger partial charge in [0.05, 0.1) is 12.5 Å². The predicted octanol–water partition coefficient (Wildman–Crippen LogP) is 3.07. The first-order valence-corrected chi connectivity index (χ1v) is 9.79. The molecular weight excluding hydrogens is 375 g/mol. The van der Waals surface area contributed by atoms with Gasteiger partial charge in [-0.1, -0.05) is 0 Å². The van der Waals surface area contributed by atoms with Gasteiger partial charge in [-0.05, 0) is 37.7 Å². The molecule has 4 rings (SSSR count). The van der Waals surface area contributed by atoms with Gasteiger partial charge in [0.1, 0.15) is 11.6 Å². The highest BCUT2D eigenvalue weighted by Crippen LogP contribution is 2.36. The van der Waals surface area contributed by atoms with E-state index in [-0.39, 0.29) is 29.6 Å². The molecule has 3 N–H and O–H groups in total. The number of nitrogens with two attached hydrogens (primary N) is 1. The van der Waals surface area contributed by atoms with E-state index in [0.29, 0.717) is 18.0 Å². The lowest BCUT2D eigenvalue weighted by atomic mass is 9.88. The second kappa shape index (κ2) is 8.17. The highest BCUT2D eigenvalue weighted by molar-refractivity contribution is 5.98. The lowest BCUT2D eigenvalue weighted by molar-refractivity contribution is 0.0105. The largest absolute Gasteiger partial charge is 0.378 e. The molecule has 2 aromatic heterocycles. The van der Waals surface area contributed by atoms with Crippen LogP contribution in [0.3, 0.4) is 0 Å². The summed E-state index contributed by atoms with van der Waals surface area (Å²) in [6.45, 7) is 8.40. The molecule has 2 aromatic rings. The molecule has 0 bridgehead atoms. The summed E-state index contributed by atoms with van der Waals surface area (Å²) in [5.41, 5.74) is 6.10. The Bertz CT molecular complexity index is 935. The van der Waals surface area contributed by atoms with Crippen molar-refractivity contribution < 1.29 is 13.9 Å². The molecule has 0 radical (unpaired) electrons. The SMILES string of the molecule is [C-]#[N+][C@H]1C[C@H](OCC2CC2)CC[C@H]1n1cc(C(N)=O)c(Nc2ccnc(F)c2)n1. The Morgan fingerprint density at radius 1 is 1.41 bits per heavy atom. The molecule has 0 spiro atoms. The van der Waals surface area contributed by atoms with Crippen LogP contribution in [0.5, 0.6) is 0 Å². The maximum atomic E-state index is 13.4. The maximum Gasteiger partial charge on any atom is 0.254 e.